The minimum absolute atomic E-state index is 0.0193. The Morgan fingerprint density at radius 2 is 2.14 bits per heavy atom. The monoisotopic (exact) mass is 305 g/mol. The summed E-state index contributed by atoms with van der Waals surface area (Å²) < 4.78 is 12.9. The molecule has 0 saturated heterocycles. The van der Waals surface area contributed by atoms with Crippen LogP contribution < -0.4 is 5.32 Å². The average molecular weight is 305 g/mol. The van der Waals surface area contributed by atoms with Gasteiger partial charge in [0.1, 0.15) is 9.88 Å². The van der Waals surface area contributed by atoms with Crippen molar-refractivity contribution in [1.29, 1.82) is 0 Å². The maximum atomic E-state index is 12.9. The van der Waals surface area contributed by atoms with Gasteiger partial charge in [-0.15, -0.1) is 11.3 Å². The lowest BCUT2D eigenvalue weighted by molar-refractivity contribution is 0.0888. The van der Waals surface area contributed by atoms with E-state index in [1.54, 1.807) is 6.07 Å². The van der Waals surface area contributed by atoms with E-state index in [-0.39, 0.29) is 17.4 Å². The maximum absolute atomic E-state index is 12.9. The third-order valence-electron chi connectivity index (χ3n) is 3.63. The van der Waals surface area contributed by atoms with E-state index >= 15 is 0 Å². The quantitative estimate of drug-likeness (QED) is 0.824. The molecule has 110 valence electrons. The van der Waals surface area contributed by atoms with Crippen LogP contribution in [0.25, 0.3) is 10.6 Å². The Kier molecular flexibility index (Phi) is 3.28. The Labute approximate surface area is 126 Å². The zero-order chi connectivity index (χ0) is 15.2. The van der Waals surface area contributed by atoms with Gasteiger partial charge in [0.2, 0.25) is 5.95 Å². The molecule has 0 aromatic carbocycles. The van der Waals surface area contributed by atoms with Crippen molar-refractivity contribution < 1.29 is 9.18 Å². The molecule has 0 saturated carbocycles. The van der Waals surface area contributed by atoms with Crippen molar-refractivity contribution in [3.05, 3.63) is 34.8 Å². The fourth-order valence-electron chi connectivity index (χ4n) is 2.28. The summed E-state index contributed by atoms with van der Waals surface area (Å²) in [6.45, 7) is 6.29. The normalized spacial score (nSPS) is 18.3. The number of carbonyl (C=O) groups excluding carboxylic acids is 1. The molecule has 2 aromatic heterocycles. The number of nitrogens with one attached hydrogen (secondary N) is 1. The molecular weight excluding hydrogens is 289 g/mol. The first-order valence-electron chi connectivity index (χ1n) is 6.77. The SMILES string of the molecule is CC(C)(C)C1Cc2nc(-c3ccc(F)nc3)sc2C(=O)N1. The van der Waals surface area contributed by atoms with Crippen LogP contribution >= 0.6 is 11.3 Å². The Bertz CT molecular complexity index is 688. The van der Waals surface area contributed by atoms with Gasteiger partial charge >= 0.3 is 0 Å². The first kappa shape index (κ1) is 14.1. The number of carbonyl (C=O) groups is 1. The molecule has 4 nitrogen and oxygen atoms in total. The lowest BCUT2D eigenvalue weighted by Gasteiger charge is -2.33. The summed E-state index contributed by atoms with van der Waals surface area (Å²) in [6, 6.07) is 3.00. The summed E-state index contributed by atoms with van der Waals surface area (Å²) in [4.78, 5) is 21.1. The molecule has 1 aliphatic rings. The number of fused-ring (bicyclic) bond motifs is 1. The highest BCUT2D eigenvalue weighted by atomic mass is 32.1. The summed E-state index contributed by atoms with van der Waals surface area (Å²) in [5, 5.41) is 3.75. The van der Waals surface area contributed by atoms with Gasteiger partial charge in [-0.1, -0.05) is 20.8 Å². The van der Waals surface area contributed by atoms with Crippen LogP contribution in [0.3, 0.4) is 0 Å². The van der Waals surface area contributed by atoms with E-state index in [2.05, 4.69) is 36.1 Å². The maximum Gasteiger partial charge on any atom is 0.263 e. The van der Waals surface area contributed by atoms with E-state index in [0.717, 1.165) is 17.7 Å². The number of pyridine rings is 1. The summed E-state index contributed by atoms with van der Waals surface area (Å²) in [5.41, 5.74) is 1.54. The van der Waals surface area contributed by atoms with E-state index in [0.29, 0.717) is 9.88 Å². The zero-order valence-corrected chi connectivity index (χ0v) is 12.9. The number of halogens is 1. The van der Waals surface area contributed by atoms with Crippen molar-refractivity contribution in [3.63, 3.8) is 0 Å². The van der Waals surface area contributed by atoms with E-state index in [1.807, 2.05) is 0 Å². The van der Waals surface area contributed by atoms with Crippen molar-refractivity contribution >= 4 is 17.2 Å². The minimum Gasteiger partial charge on any atom is -0.348 e. The summed E-state index contributed by atoms with van der Waals surface area (Å²) in [5.74, 6) is -0.597. The van der Waals surface area contributed by atoms with Crippen molar-refractivity contribution in [2.24, 2.45) is 5.41 Å². The number of amides is 1. The van der Waals surface area contributed by atoms with Gasteiger partial charge in [0.05, 0.1) is 5.69 Å². The largest absolute Gasteiger partial charge is 0.348 e. The Morgan fingerprint density at radius 3 is 2.76 bits per heavy atom. The number of nitrogens with zero attached hydrogens (tertiary/aromatic N) is 2. The number of hydrogen-bond acceptors (Lipinski definition) is 4. The predicted molar refractivity (Wildman–Crippen MR) is 79.7 cm³/mol. The summed E-state index contributed by atoms with van der Waals surface area (Å²) >= 11 is 1.33. The fourth-order valence-corrected chi connectivity index (χ4v) is 3.27. The van der Waals surface area contributed by atoms with Gasteiger partial charge in [0.25, 0.3) is 5.91 Å². The molecule has 6 heteroatoms. The lowest BCUT2D eigenvalue weighted by atomic mass is 9.82. The second-order valence-electron chi connectivity index (χ2n) is 6.26. The van der Waals surface area contributed by atoms with Crippen LogP contribution in [0.5, 0.6) is 0 Å². The molecule has 1 atom stereocenters. The molecule has 0 bridgehead atoms. The fraction of sp³-hybridized carbons (Fsp3) is 0.400. The summed E-state index contributed by atoms with van der Waals surface area (Å²) in [7, 11) is 0. The van der Waals surface area contributed by atoms with Crippen molar-refractivity contribution in [3.8, 4) is 10.6 Å². The average Bonchev–Trinajstić information content (AvgIpc) is 2.83. The Morgan fingerprint density at radius 1 is 1.38 bits per heavy atom. The van der Waals surface area contributed by atoms with Crippen molar-refractivity contribution in [2.75, 3.05) is 0 Å². The number of aromatic nitrogens is 2. The molecule has 3 heterocycles. The second kappa shape index (κ2) is 4.87. The Balaban J connectivity index is 1.96. The van der Waals surface area contributed by atoms with Crippen LogP contribution in [0.15, 0.2) is 18.3 Å². The lowest BCUT2D eigenvalue weighted by Crippen LogP contribution is -2.48. The predicted octanol–water partition coefficient (Wildman–Crippen LogP) is 3.04. The van der Waals surface area contributed by atoms with Gasteiger partial charge in [-0.3, -0.25) is 4.79 Å². The van der Waals surface area contributed by atoms with Gasteiger partial charge in [0, 0.05) is 24.2 Å². The number of hydrogen-bond donors (Lipinski definition) is 1. The standard InChI is InChI=1S/C15H16FN3OS/c1-15(2,3)10-6-9-12(13(20)19-10)21-14(18-9)8-4-5-11(16)17-7-8/h4-5,7,10H,6H2,1-3H3,(H,19,20). The Hall–Kier alpha value is -1.82. The van der Waals surface area contributed by atoms with E-state index in [1.165, 1.54) is 23.6 Å². The molecule has 3 rings (SSSR count). The van der Waals surface area contributed by atoms with E-state index in [4.69, 9.17) is 0 Å². The van der Waals surface area contributed by atoms with E-state index < -0.39 is 5.95 Å². The molecule has 1 amide bonds. The van der Waals surface area contributed by atoms with Gasteiger partial charge in [-0.05, 0) is 17.5 Å². The van der Waals surface area contributed by atoms with Gasteiger partial charge < -0.3 is 5.32 Å². The second-order valence-corrected chi connectivity index (χ2v) is 7.26. The van der Waals surface area contributed by atoms with Crippen molar-refractivity contribution in [1.82, 2.24) is 15.3 Å². The van der Waals surface area contributed by atoms with Crippen LogP contribution in [0.1, 0.15) is 36.1 Å². The van der Waals surface area contributed by atoms with Crippen LogP contribution in [0.2, 0.25) is 0 Å². The van der Waals surface area contributed by atoms with Gasteiger partial charge in [0.15, 0.2) is 0 Å². The van der Waals surface area contributed by atoms with Crippen LogP contribution in [0.4, 0.5) is 4.39 Å². The van der Waals surface area contributed by atoms with Crippen LogP contribution in [-0.2, 0) is 6.42 Å². The molecule has 1 N–H and O–H groups in total. The highest BCUT2D eigenvalue weighted by molar-refractivity contribution is 7.17. The first-order chi connectivity index (χ1) is 9.84. The van der Waals surface area contributed by atoms with Gasteiger partial charge in [-0.25, -0.2) is 9.97 Å². The molecule has 1 aliphatic heterocycles. The third kappa shape index (κ3) is 2.68. The van der Waals surface area contributed by atoms with Crippen molar-refractivity contribution in [2.45, 2.75) is 33.2 Å². The number of thiazole rings is 1. The first-order valence-corrected chi connectivity index (χ1v) is 7.59. The number of rotatable bonds is 1. The molecule has 1 unspecified atom stereocenters. The van der Waals surface area contributed by atoms with Crippen LogP contribution in [0, 0.1) is 11.4 Å². The van der Waals surface area contributed by atoms with Gasteiger partial charge in [-0.2, -0.15) is 4.39 Å². The zero-order valence-electron chi connectivity index (χ0n) is 12.1. The molecule has 0 spiro atoms. The molecular formula is C15H16FN3OS. The highest BCUT2D eigenvalue weighted by Gasteiger charge is 2.34. The summed E-state index contributed by atoms with van der Waals surface area (Å²) in [6.07, 6.45) is 2.16. The molecule has 0 radical (unpaired) electrons. The molecule has 2 aromatic rings. The van der Waals surface area contributed by atoms with Crippen LogP contribution in [-0.4, -0.2) is 21.9 Å². The highest BCUT2D eigenvalue weighted by Crippen LogP contribution is 2.33. The molecule has 0 aliphatic carbocycles. The smallest absolute Gasteiger partial charge is 0.263 e. The topological polar surface area (TPSA) is 54.9 Å². The van der Waals surface area contributed by atoms with E-state index in [9.17, 15) is 9.18 Å². The molecule has 21 heavy (non-hydrogen) atoms. The molecule has 0 fully saturated rings. The minimum atomic E-state index is -0.523. The third-order valence-corrected chi connectivity index (χ3v) is 4.77.